The maximum absolute atomic E-state index is 6.23. The molecule has 0 saturated carbocycles. The van der Waals surface area contributed by atoms with Crippen LogP contribution in [0.4, 0.5) is 0 Å². The van der Waals surface area contributed by atoms with Crippen LogP contribution in [-0.2, 0) is 7.05 Å². The second-order valence-electron chi connectivity index (χ2n) is 4.05. The predicted molar refractivity (Wildman–Crippen MR) is 76.3 cm³/mol. The first-order valence-corrected chi connectivity index (χ1v) is 7.15. The summed E-state index contributed by atoms with van der Waals surface area (Å²) in [5.74, 6) is 1.59. The van der Waals surface area contributed by atoms with Crippen LogP contribution >= 0.6 is 11.8 Å². The summed E-state index contributed by atoms with van der Waals surface area (Å²) in [5.41, 5.74) is 7.26. The van der Waals surface area contributed by atoms with E-state index in [0.29, 0.717) is 6.61 Å². The number of hydrogen-bond acceptors (Lipinski definition) is 5. The van der Waals surface area contributed by atoms with Crippen LogP contribution < -0.4 is 10.5 Å². The highest BCUT2D eigenvalue weighted by Gasteiger charge is 2.13. The third-order valence-electron chi connectivity index (χ3n) is 2.68. The van der Waals surface area contributed by atoms with E-state index in [-0.39, 0.29) is 6.04 Å². The molecule has 102 valence electrons. The van der Waals surface area contributed by atoms with Gasteiger partial charge in [0.25, 0.3) is 0 Å². The smallest absolute Gasteiger partial charge is 0.185 e. The van der Waals surface area contributed by atoms with Gasteiger partial charge in [0.05, 0.1) is 6.61 Å². The second-order valence-corrected chi connectivity index (χ2v) is 5.04. The lowest BCUT2D eigenvalue weighted by molar-refractivity contribution is 0.335. The molecule has 0 aliphatic heterocycles. The number of nitrogens with zero attached hydrogens (tertiary/aromatic N) is 3. The number of aromatic nitrogens is 3. The Hall–Kier alpha value is -1.53. The van der Waals surface area contributed by atoms with Crippen LogP contribution in [-0.4, -0.2) is 27.1 Å². The van der Waals surface area contributed by atoms with Crippen molar-refractivity contribution in [1.82, 2.24) is 14.8 Å². The van der Waals surface area contributed by atoms with E-state index in [1.54, 1.807) is 22.8 Å². The fourth-order valence-corrected chi connectivity index (χ4v) is 2.61. The third kappa shape index (κ3) is 3.48. The lowest BCUT2D eigenvalue weighted by Crippen LogP contribution is -2.15. The van der Waals surface area contributed by atoms with Crippen molar-refractivity contribution < 1.29 is 4.74 Å². The molecule has 1 aromatic carbocycles. The normalized spacial score (nSPS) is 12.4. The van der Waals surface area contributed by atoms with E-state index in [0.717, 1.165) is 22.2 Å². The molecule has 1 heterocycles. The molecular formula is C13H18N4OS. The zero-order valence-corrected chi connectivity index (χ0v) is 11.9. The Balaban J connectivity index is 2.03. The lowest BCUT2D eigenvalue weighted by Gasteiger charge is -2.15. The zero-order chi connectivity index (χ0) is 13.7. The number of rotatable bonds is 6. The van der Waals surface area contributed by atoms with Crippen molar-refractivity contribution in [2.45, 2.75) is 18.1 Å². The molecule has 0 radical (unpaired) electrons. The molecule has 0 bridgehead atoms. The Morgan fingerprint density at radius 1 is 1.42 bits per heavy atom. The van der Waals surface area contributed by atoms with E-state index >= 15 is 0 Å². The van der Waals surface area contributed by atoms with Crippen LogP contribution in [0.1, 0.15) is 18.5 Å². The van der Waals surface area contributed by atoms with Crippen LogP contribution in [0.5, 0.6) is 5.75 Å². The van der Waals surface area contributed by atoms with Gasteiger partial charge in [-0.15, -0.1) is 0 Å². The van der Waals surface area contributed by atoms with E-state index in [1.807, 2.05) is 38.2 Å². The molecule has 0 saturated heterocycles. The number of benzene rings is 1. The van der Waals surface area contributed by atoms with Crippen molar-refractivity contribution in [2.75, 3.05) is 12.4 Å². The van der Waals surface area contributed by atoms with Gasteiger partial charge in [0.15, 0.2) is 5.16 Å². The van der Waals surface area contributed by atoms with Crippen molar-refractivity contribution in [1.29, 1.82) is 0 Å². The van der Waals surface area contributed by atoms with Crippen molar-refractivity contribution in [3.05, 3.63) is 36.2 Å². The summed E-state index contributed by atoms with van der Waals surface area (Å²) in [4.78, 5) is 4.17. The van der Waals surface area contributed by atoms with Gasteiger partial charge in [-0.25, -0.2) is 9.67 Å². The fraction of sp³-hybridized carbons (Fsp3) is 0.385. The Labute approximate surface area is 117 Å². The summed E-state index contributed by atoms with van der Waals surface area (Å²) in [5, 5.41) is 4.90. The standard InChI is InChI=1S/C13H18N4OS/c1-3-18-12-7-5-4-6-10(12)11(14)8-19-13-15-9-16-17(13)2/h4-7,9,11H,3,8,14H2,1-2H3. The summed E-state index contributed by atoms with van der Waals surface area (Å²) < 4.78 is 7.34. The van der Waals surface area contributed by atoms with E-state index in [1.165, 1.54) is 0 Å². The molecule has 19 heavy (non-hydrogen) atoms. The Kier molecular flexibility index (Phi) is 4.81. The SMILES string of the molecule is CCOc1ccccc1C(N)CSc1ncnn1C. The van der Waals surface area contributed by atoms with Gasteiger partial charge in [0.1, 0.15) is 12.1 Å². The van der Waals surface area contributed by atoms with Crippen LogP contribution in [0.25, 0.3) is 0 Å². The first-order chi connectivity index (χ1) is 9.22. The zero-order valence-electron chi connectivity index (χ0n) is 11.1. The van der Waals surface area contributed by atoms with Gasteiger partial charge >= 0.3 is 0 Å². The van der Waals surface area contributed by atoms with E-state index < -0.39 is 0 Å². The van der Waals surface area contributed by atoms with Crippen molar-refractivity contribution in [3.63, 3.8) is 0 Å². The summed E-state index contributed by atoms with van der Waals surface area (Å²) >= 11 is 1.59. The second kappa shape index (κ2) is 6.58. The Bertz CT molecular complexity index is 529. The highest BCUT2D eigenvalue weighted by Crippen LogP contribution is 2.27. The highest BCUT2D eigenvalue weighted by atomic mass is 32.2. The first kappa shape index (κ1) is 13.9. The molecule has 2 rings (SSSR count). The monoisotopic (exact) mass is 278 g/mol. The van der Waals surface area contributed by atoms with Crippen LogP contribution in [0.2, 0.25) is 0 Å². The molecule has 6 heteroatoms. The van der Waals surface area contributed by atoms with Gasteiger partial charge in [-0.2, -0.15) is 5.10 Å². The minimum absolute atomic E-state index is 0.0931. The van der Waals surface area contributed by atoms with Crippen LogP contribution in [0.3, 0.4) is 0 Å². The largest absolute Gasteiger partial charge is 0.494 e. The number of aryl methyl sites for hydroxylation is 1. The van der Waals surface area contributed by atoms with Crippen molar-refractivity contribution >= 4 is 11.8 Å². The Morgan fingerprint density at radius 3 is 2.89 bits per heavy atom. The molecule has 2 aromatic rings. The van der Waals surface area contributed by atoms with Crippen LogP contribution in [0, 0.1) is 0 Å². The number of para-hydroxylation sites is 1. The van der Waals surface area contributed by atoms with E-state index in [4.69, 9.17) is 10.5 Å². The van der Waals surface area contributed by atoms with E-state index in [2.05, 4.69) is 10.1 Å². The lowest BCUT2D eigenvalue weighted by atomic mass is 10.1. The van der Waals surface area contributed by atoms with Gasteiger partial charge in [-0.05, 0) is 13.0 Å². The van der Waals surface area contributed by atoms with Crippen LogP contribution in [0.15, 0.2) is 35.7 Å². The highest BCUT2D eigenvalue weighted by molar-refractivity contribution is 7.99. The van der Waals surface area contributed by atoms with Gasteiger partial charge in [0, 0.05) is 24.4 Å². The average molecular weight is 278 g/mol. The molecular weight excluding hydrogens is 260 g/mol. The van der Waals surface area contributed by atoms with Crippen molar-refractivity contribution in [2.24, 2.45) is 12.8 Å². The Morgan fingerprint density at radius 2 is 2.21 bits per heavy atom. The summed E-state index contributed by atoms with van der Waals surface area (Å²) in [6, 6.07) is 7.80. The van der Waals surface area contributed by atoms with E-state index in [9.17, 15) is 0 Å². The number of thioether (sulfide) groups is 1. The number of nitrogens with two attached hydrogens (primary N) is 1. The molecule has 0 amide bonds. The number of ether oxygens (including phenoxy) is 1. The number of hydrogen-bond donors (Lipinski definition) is 1. The van der Waals surface area contributed by atoms with Gasteiger partial charge in [-0.1, -0.05) is 30.0 Å². The summed E-state index contributed by atoms with van der Waals surface area (Å²) in [6.07, 6.45) is 1.54. The predicted octanol–water partition coefficient (Wildman–Crippen LogP) is 2.01. The van der Waals surface area contributed by atoms with Gasteiger partial charge in [-0.3, -0.25) is 0 Å². The minimum atomic E-state index is -0.0931. The molecule has 0 aliphatic rings. The maximum atomic E-state index is 6.23. The molecule has 0 aliphatic carbocycles. The first-order valence-electron chi connectivity index (χ1n) is 6.16. The molecule has 1 aromatic heterocycles. The molecule has 0 fully saturated rings. The van der Waals surface area contributed by atoms with Crippen molar-refractivity contribution in [3.8, 4) is 5.75 Å². The molecule has 1 unspecified atom stereocenters. The topological polar surface area (TPSA) is 66.0 Å². The molecule has 0 spiro atoms. The van der Waals surface area contributed by atoms with Gasteiger partial charge in [0.2, 0.25) is 0 Å². The molecule has 2 N–H and O–H groups in total. The third-order valence-corrected chi connectivity index (χ3v) is 3.83. The summed E-state index contributed by atoms with van der Waals surface area (Å²) in [6.45, 7) is 2.61. The molecule has 1 atom stereocenters. The fourth-order valence-electron chi connectivity index (χ4n) is 1.74. The minimum Gasteiger partial charge on any atom is -0.494 e. The average Bonchev–Trinajstić information content (AvgIpc) is 2.82. The van der Waals surface area contributed by atoms with Gasteiger partial charge < -0.3 is 10.5 Å². The molecule has 5 nitrogen and oxygen atoms in total. The quantitative estimate of drug-likeness (QED) is 0.819. The summed E-state index contributed by atoms with van der Waals surface area (Å²) in [7, 11) is 1.87. The maximum Gasteiger partial charge on any atom is 0.185 e.